The zero-order valence-corrected chi connectivity index (χ0v) is 14.6. The Labute approximate surface area is 150 Å². The van der Waals surface area contributed by atoms with Gasteiger partial charge in [0.1, 0.15) is 6.54 Å². The summed E-state index contributed by atoms with van der Waals surface area (Å²) in [6.07, 6.45) is 4.08. The van der Waals surface area contributed by atoms with E-state index in [-0.39, 0.29) is 18.4 Å². The van der Waals surface area contributed by atoms with Gasteiger partial charge in [0.15, 0.2) is 5.13 Å². The zero-order chi connectivity index (χ0) is 17.2. The van der Waals surface area contributed by atoms with Crippen LogP contribution >= 0.6 is 11.3 Å². The molecule has 0 unspecified atom stereocenters. The molecule has 2 amide bonds. The topological polar surface area (TPSA) is 74.3 Å². The highest BCUT2D eigenvalue weighted by Gasteiger charge is 2.28. The molecule has 2 aliphatic rings. The van der Waals surface area contributed by atoms with E-state index < -0.39 is 0 Å². The molecule has 6 nitrogen and oxygen atoms in total. The minimum absolute atomic E-state index is 0.0514. The lowest BCUT2D eigenvalue weighted by Gasteiger charge is -2.20. The number of nitrogens with zero attached hydrogens (tertiary/aromatic N) is 2. The third kappa shape index (κ3) is 3.43. The largest absolute Gasteiger partial charge is 0.325 e. The second-order valence-corrected chi connectivity index (χ2v) is 7.52. The molecule has 0 saturated carbocycles. The molecule has 0 atom stereocenters. The number of benzene rings is 1. The zero-order valence-electron chi connectivity index (χ0n) is 13.8. The van der Waals surface area contributed by atoms with Crippen molar-refractivity contribution in [2.24, 2.45) is 0 Å². The molecule has 0 radical (unpaired) electrons. The molecule has 2 aliphatic heterocycles. The molecular weight excluding hydrogens is 336 g/mol. The lowest BCUT2D eigenvalue weighted by Crippen LogP contribution is -2.33. The number of aromatic nitrogens is 1. The highest BCUT2D eigenvalue weighted by atomic mass is 32.1. The van der Waals surface area contributed by atoms with Gasteiger partial charge in [-0.3, -0.25) is 9.59 Å². The maximum absolute atomic E-state index is 12.3. The number of anilines is 1. The molecule has 2 aromatic rings. The van der Waals surface area contributed by atoms with Crippen LogP contribution in [0.2, 0.25) is 0 Å². The Morgan fingerprint density at radius 3 is 2.92 bits per heavy atom. The van der Waals surface area contributed by atoms with Crippen LogP contribution in [-0.2, 0) is 11.3 Å². The Bertz CT molecular complexity index is 798. The maximum atomic E-state index is 12.3. The Morgan fingerprint density at radius 2 is 2.12 bits per heavy atom. The number of hydrogen-bond donors (Lipinski definition) is 2. The van der Waals surface area contributed by atoms with Crippen LogP contribution < -0.4 is 10.6 Å². The molecule has 130 valence electrons. The third-order valence-electron chi connectivity index (χ3n) is 4.74. The van der Waals surface area contributed by atoms with E-state index in [4.69, 9.17) is 0 Å². The number of carbonyl (C=O) groups excluding carboxylic acids is 2. The Balaban J connectivity index is 1.35. The van der Waals surface area contributed by atoms with Crippen molar-refractivity contribution in [1.82, 2.24) is 15.2 Å². The van der Waals surface area contributed by atoms with Gasteiger partial charge in [-0.15, -0.1) is 11.3 Å². The number of hydrogen-bond acceptors (Lipinski definition) is 5. The van der Waals surface area contributed by atoms with E-state index in [2.05, 4.69) is 15.6 Å². The molecule has 7 heteroatoms. The number of carbonyl (C=O) groups is 2. The van der Waals surface area contributed by atoms with E-state index >= 15 is 0 Å². The lowest BCUT2D eigenvalue weighted by atomic mass is 9.97. The quantitative estimate of drug-likeness (QED) is 0.881. The van der Waals surface area contributed by atoms with Crippen molar-refractivity contribution >= 4 is 28.3 Å². The summed E-state index contributed by atoms with van der Waals surface area (Å²) >= 11 is 1.54. The van der Waals surface area contributed by atoms with Crippen LogP contribution in [0.15, 0.2) is 30.5 Å². The van der Waals surface area contributed by atoms with Gasteiger partial charge >= 0.3 is 0 Å². The third-order valence-corrected chi connectivity index (χ3v) is 5.82. The van der Waals surface area contributed by atoms with Gasteiger partial charge in [-0.2, -0.15) is 0 Å². The predicted molar refractivity (Wildman–Crippen MR) is 96.8 cm³/mol. The normalized spacial score (nSPS) is 17.6. The summed E-state index contributed by atoms with van der Waals surface area (Å²) in [4.78, 5) is 31.7. The summed E-state index contributed by atoms with van der Waals surface area (Å²) in [6, 6.07) is 7.49. The van der Waals surface area contributed by atoms with Crippen molar-refractivity contribution in [2.45, 2.75) is 25.3 Å². The minimum atomic E-state index is -0.202. The number of nitrogens with one attached hydrogen (secondary N) is 2. The van der Waals surface area contributed by atoms with Crippen molar-refractivity contribution in [2.75, 3.05) is 25.0 Å². The Kier molecular flexibility index (Phi) is 4.50. The lowest BCUT2D eigenvalue weighted by molar-refractivity contribution is -0.116. The van der Waals surface area contributed by atoms with Gasteiger partial charge in [-0.1, -0.05) is 18.2 Å². The van der Waals surface area contributed by atoms with Crippen LogP contribution in [0.5, 0.6) is 0 Å². The average molecular weight is 356 g/mol. The molecule has 1 aromatic carbocycles. The highest BCUT2D eigenvalue weighted by Crippen LogP contribution is 2.31. The Hall–Kier alpha value is -2.25. The molecule has 1 saturated heterocycles. The monoisotopic (exact) mass is 356 g/mol. The molecule has 1 fully saturated rings. The molecule has 0 bridgehead atoms. The summed E-state index contributed by atoms with van der Waals surface area (Å²) in [5.74, 6) is 0.242. The van der Waals surface area contributed by atoms with Crippen molar-refractivity contribution in [3.05, 3.63) is 46.5 Å². The Morgan fingerprint density at radius 1 is 1.32 bits per heavy atom. The molecule has 0 aliphatic carbocycles. The molecule has 1 aromatic heterocycles. The van der Waals surface area contributed by atoms with Gasteiger partial charge < -0.3 is 15.5 Å². The number of amides is 2. The fraction of sp³-hybridized carbons (Fsp3) is 0.389. The second kappa shape index (κ2) is 6.93. The summed E-state index contributed by atoms with van der Waals surface area (Å²) in [7, 11) is 0. The summed E-state index contributed by atoms with van der Waals surface area (Å²) in [5.41, 5.74) is 1.67. The van der Waals surface area contributed by atoms with Crippen LogP contribution in [0, 0.1) is 0 Å². The predicted octanol–water partition coefficient (Wildman–Crippen LogP) is 2.20. The van der Waals surface area contributed by atoms with Gasteiger partial charge in [-0.25, -0.2) is 4.98 Å². The smallest absolute Gasteiger partial charge is 0.254 e. The summed E-state index contributed by atoms with van der Waals surface area (Å²) in [6.45, 7) is 2.60. The van der Waals surface area contributed by atoms with E-state index in [0.717, 1.165) is 31.5 Å². The fourth-order valence-corrected chi connectivity index (χ4v) is 4.42. The minimum Gasteiger partial charge on any atom is -0.325 e. The molecular formula is C18H20N4O2S. The molecule has 4 rings (SSSR count). The first-order chi connectivity index (χ1) is 12.2. The maximum Gasteiger partial charge on any atom is 0.254 e. The van der Waals surface area contributed by atoms with Crippen LogP contribution in [0.3, 0.4) is 0 Å². The van der Waals surface area contributed by atoms with Gasteiger partial charge in [0.05, 0.1) is 0 Å². The second-order valence-electron chi connectivity index (χ2n) is 6.46. The SMILES string of the molecule is O=C(CN1Cc2ccccc2C1=O)Nc1ncc(C2CCNCC2)s1. The van der Waals surface area contributed by atoms with E-state index in [9.17, 15) is 9.59 Å². The van der Waals surface area contributed by atoms with E-state index in [1.54, 1.807) is 4.90 Å². The van der Waals surface area contributed by atoms with Gasteiger partial charge in [0.25, 0.3) is 5.91 Å². The molecule has 25 heavy (non-hydrogen) atoms. The summed E-state index contributed by atoms with van der Waals surface area (Å²) in [5, 5.41) is 6.80. The average Bonchev–Trinajstić information content (AvgIpc) is 3.21. The number of thiazole rings is 1. The van der Waals surface area contributed by atoms with Crippen molar-refractivity contribution in [3.63, 3.8) is 0 Å². The van der Waals surface area contributed by atoms with Crippen molar-refractivity contribution in [1.29, 1.82) is 0 Å². The van der Waals surface area contributed by atoms with Crippen LogP contribution in [0.25, 0.3) is 0 Å². The van der Waals surface area contributed by atoms with E-state index in [1.807, 2.05) is 30.5 Å². The number of rotatable bonds is 4. The van der Waals surface area contributed by atoms with E-state index in [1.165, 1.54) is 16.2 Å². The first kappa shape index (κ1) is 16.2. The highest BCUT2D eigenvalue weighted by molar-refractivity contribution is 7.15. The van der Waals surface area contributed by atoms with E-state index in [0.29, 0.717) is 23.2 Å². The standard InChI is InChI=1S/C18H20N4O2S/c23-16(11-22-10-13-3-1-2-4-14(13)17(22)24)21-18-20-9-15(25-18)12-5-7-19-8-6-12/h1-4,9,12,19H,5-8,10-11H2,(H,20,21,23). The fourth-order valence-electron chi connectivity index (χ4n) is 3.41. The summed E-state index contributed by atoms with van der Waals surface area (Å²) < 4.78 is 0. The first-order valence-corrected chi connectivity index (χ1v) is 9.36. The van der Waals surface area contributed by atoms with Crippen molar-refractivity contribution < 1.29 is 9.59 Å². The molecule has 3 heterocycles. The van der Waals surface area contributed by atoms with Crippen LogP contribution in [-0.4, -0.2) is 41.3 Å². The van der Waals surface area contributed by atoms with Crippen LogP contribution in [0.1, 0.15) is 39.6 Å². The van der Waals surface area contributed by atoms with Crippen LogP contribution in [0.4, 0.5) is 5.13 Å². The first-order valence-electron chi connectivity index (χ1n) is 8.54. The number of fused-ring (bicyclic) bond motifs is 1. The van der Waals surface area contributed by atoms with Gasteiger partial charge in [-0.05, 0) is 43.5 Å². The van der Waals surface area contributed by atoms with Crippen molar-refractivity contribution in [3.8, 4) is 0 Å². The van der Waals surface area contributed by atoms with Gasteiger partial charge in [0, 0.05) is 23.2 Å². The number of piperidine rings is 1. The van der Waals surface area contributed by atoms with Gasteiger partial charge in [0.2, 0.25) is 5.91 Å². The molecule has 0 spiro atoms. The molecule has 2 N–H and O–H groups in total.